The second-order valence-electron chi connectivity index (χ2n) is 4.41. The van der Waals surface area contributed by atoms with Crippen LogP contribution in [0.1, 0.15) is 12.8 Å². The van der Waals surface area contributed by atoms with Crippen LogP contribution in [0.4, 0.5) is 5.69 Å². The highest BCUT2D eigenvalue weighted by atomic mass is 16.6. The second-order valence-corrected chi connectivity index (χ2v) is 4.41. The Kier molecular flexibility index (Phi) is 4.96. The van der Waals surface area contributed by atoms with Crippen molar-refractivity contribution in [2.75, 3.05) is 19.7 Å². The maximum atomic E-state index is 10.6. The normalized spacial score (nSPS) is 11.0. The zero-order valence-electron chi connectivity index (χ0n) is 11.6. The summed E-state index contributed by atoms with van der Waals surface area (Å²) in [7, 11) is 0. The summed E-state index contributed by atoms with van der Waals surface area (Å²) in [5.74, 6) is 0.832. The summed E-state index contributed by atoms with van der Waals surface area (Å²) in [5, 5.41) is 23.4. The van der Waals surface area contributed by atoms with Gasteiger partial charge < -0.3 is 9.63 Å². The lowest BCUT2D eigenvalue weighted by atomic mass is 10.2. The van der Waals surface area contributed by atoms with E-state index in [0.717, 1.165) is 6.54 Å². The van der Waals surface area contributed by atoms with Crippen molar-refractivity contribution in [3.63, 3.8) is 0 Å². The molecule has 0 radical (unpaired) electrons. The van der Waals surface area contributed by atoms with Crippen LogP contribution in [0.2, 0.25) is 0 Å². The summed E-state index contributed by atoms with van der Waals surface area (Å²) >= 11 is 0. The monoisotopic (exact) mass is 292 g/mol. The highest BCUT2D eigenvalue weighted by molar-refractivity contribution is 5.56. The number of nitro groups is 1. The van der Waals surface area contributed by atoms with Gasteiger partial charge in [0.25, 0.3) is 5.69 Å². The number of aliphatic hydroxyl groups excluding tert-OH is 1. The summed E-state index contributed by atoms with van der Waals surface area (Å²) in [6, 6.07) is 5.96. The van der Waals surface area contributed by atoms with Crippen LogP contribution in [-0.2, 0) is 6.54 Å². The van der Waals surface area contributed by atoms with Gasteiger partial charge in [-0.3, -0.25) is 15.0 Å². The number of rotatable bonds is 7. The average Bonchev–Trinajstić information content (AvgIpc) is 2.95. The number of aliphatic hydroxyl groups is 1. The Labute approximate surface area is 121 Å². The molecule has 0 amide bonds. The molecule has 0 unspecified atom stereocenters. The SMILES string of the molecule is CCN(CCO)Cc1nc(-c2ccc([N+](=O)[O-])cc2)no1. The predicted octanol–water partition coefficient (Wildman–Crippen LogP) is 1.46. The Morgan fingerprint density at radius 3 is 2.67 bits per heavy atom. The van der Waals surface area contributed by atoms with Crippen LogP contribution in [0.5, 0.6) is 0 Å². The van der Waals surface area contributed by atoms with E-state index in [2.05, 4.69) is 10.1 Å². The van der Waals surface area contributed by atoms with Gasteiger partial charge in [-0.1, -0.05) is 12.1 Å². The van der Waals surface area contributed by atoms with Crippen molar-refractivity contribution < 1.29 is 14.6 Å². The second kappa shape index (κ2) is 6.91. The lowest BCUT2D eigenvalue weighted by molar-refractivity contribution is -0.384. The maximum Gasteiger partial charge on any atom is 0.269 e. The van der Waals surface area contributed by atoms with Crippen LogP contribution in [0.3, 0.4) is 0 Å². The molecule has 0 bridgehead atoms. The third-order valence-electron chi connectivity index (χ3n) is 3.03. The molecule has 1 aromatic heterocycles. The molecule has 0 saturated carbocycles. The summed E-state index contributed by atoms with van der Waals surface area (Å²) in [5.41, 5.74) is 0.670. The van der Waals surface area contributed by atoms with Gasteiger partial charge >= 0.3 is 0 Å². The minimum Gasteiger partial charge on any atom is -0.395 e. The first-order valence-electron chi connectivity index (χ1n) is 6.54. The first-order valence-corrected chi connectivity index (χ1v) is 6.54. The number of nitrogens with zero attached hydrogens (tertiary/aromatic N) is 4. The van der Waals surface area contributed by atoms with Gasteiger partial charge in [-0.25, -0.2) is 0 Å². The fourth-order valence-corrected chi connectivity index (χ4v) is 1.85. The van der Waals surface area contributed by atoms with Gasteiger partial charge in [-0.15, -0.1) is 0 Å². The Balaban J connectivity index is 2.10. The first-order chi connectivity index (χ1) is 10.1. The number of non-ortho nitro benzene ring substituents is 1. The van der Waals surface area contributed by atoms with Gasteiger partial charge in [0.2, 0.25) is 11.7 Å². The highest BCUT2D eigenvalue weighted by Crippen LogP contribution is 2.20. The van der Waals surface area contributed by atoms with Crippen LogP contribution in [0.25, 0.3) is 11.4 Å². The highest BCUT2D eigenvalue weighted by Gasteiger charge is 2.13. The van der Waals surface area contributed by atoms with Crippen molar-refractivity contribution in [1.82, 2.24) is 15.0 Å². The van der Waals surface area contributed by atoms with E-state index in [4.69, 9.17) is 9.63 Å². The Morgan fingerprint density at radius 1 is 1.38 bits per heavy atom. The van der Waals surface area contributed by atoms with Crippen LogP contribution < -0.4 is 0 Å². The Morgan fingerprint density at radius 2 is 2.10 bits per heavy atom. The Hall–Kier alpha value is -2.32. The molecule has 2 aromatic rings. The number of benzene rings is 1. The van der Waals surface area contributed by atoms with E-state index in [-0.39, 0.29) is 12.3 Å². The molecule has 8 nitrogen and oxygen atoms in total. The fraction of sp³-hybridized carbons (Fsp3) is 0.385. The van der Waals surface area contributed by atoms with Crippen molar-refractivity contribution in [2.45, 2.75) is 13.5 Å². The molecule has 8 heteroatoms. The Bertz CT molecular complexity index is 596. The number of likely N-dealkylation sites (N-methyl/N-ethyl adjacent to an activating group) is 1. The zero-order valence-corrected chi connectivity index (χ0v) is 11.6. The quantitative estimate of drug-likeness (QED) is 0.608. The molecule has 0 saturated heterocycles. The van der Waals surface area contributed by atoms with Crippen molar-refractivity contribution in [3.8, 4) is 11.4 Å². The molecule has 21 heavy (non-hydrogen) atoms. The predicted molar refractivity (Wildman–Crippen MR) is 74.4 cm³/mol. The van der Waals surface area contributed by atoms with Crippen LogP contribution in [0.15, 0.2) is 28.8 Å². The maximum absolute atomic E-state index is 10.6. The van der Waals surface area contributed by atoms with Gasteiger partial charge in [0.1, 0.15) is 0 Å². The summed E-state index contributed by atoms with van der Waals surface area (Å²) in [6.45, 7) is 3.79. The van der Waals surface area contributed by atoms with Gasteiger partial charge in [0.05, 0.1) is 18.1 Å². The summed E-state index contributed by atoms with van der Waals surface area (Å²) < 4.78 is 5.16. The van der Waals surface area contributed by atoms with Crippen LogP contribution in [-0.4, -0.2) is 44.8 Å². The third kappa shape index (κ3) is 3.83. The van der Waals surface area contributed by atoms with E-state index >= 15 is 0 Å². The minimum absolute atomic E-state index is 0.0163. The third-order valence-corrected chi connectivity index (χ3v) is 3.03. The van der Waals surface area contributed by atoms with Crippen molar-refractivity contribution in [1.29, 1.82) is 0 Å². The van der Waals surface area contributed by atoms with Gasteiger partial charge in [0, 0.05) is 24.2 Å². The number of hydrogen-bond acceptors (Lipinski definition) is 7. The van der Waals surface area contributed by atoms with E-state index < -0.39 is 4.92 Å². The first kappa shape index (κ1) is 15.1. The molecule has 0 aliphatic carbocycles. The summed E-state index contributed by atoms with van der Waals surface area (Å²) in [6.07, 6.45) is 0. The molecule has 1 heterocycles. The largest absolute Gasteiger partial charge is 0.395 e. The standard InChI is InChI=1S/C13H16N4O4/c1-2-16(7-8-18)9-12-14-13(15-21-12)10-3-5-11(6-4-10)17(19)20/h3-6,18H,2,7-9H2,1H3. The van der Waals surface area contributed by atoms with E-state index in [1.54, 1.807) is 12.1 Å². The number of nitro benzene ring substituents is 1. The number of hydrogen-bond donors (Lipinski definition) is 1. The van der Waals surface area contributed by atoms with E-state index in [9.17, 15) is 10.1 Å². The van der Waals surface area contributed by atoms with Crippen LogP contribution >= 0.6 is 0 Å². The lowest BCUT2D eigenvalue weighted by Crippen LogP contribution is -2.26. The molecule has 0 aliphatic heterocycles. The van der Waals surface area contributed by atoms with Crippen molar-refractivity contribution >= 4 is 5.69 Å². The zero-order chi connectivity index (χ0) is 15.2. The molecule has 1 aromatic carbocycles. The van der Waals surface area contributed by atoms with E-state index in [1.807, 2.05) is 11.8 Å². The number of aromatic nitrogens is 2. The molecule has 0 atom stereocenters. The molecular formula is C13H16N4O4. The molecule has 112 valence electrons. The molecule has 1 N–H and O–H groups in total. The summed E-state index contributed by atoms with van der Waals surface area (Å²) in [4.78, 5) is 16.4. The van der Waals surface area contributed by atoms with Gasteiger partial charge in [0.15, 0.2) is 0 Å². The lowest BCUT2D eigenvalue weighted by Gasteiger charge is -2.15. The van der Waals surface area contributed by atoms with Crippen molar-refractivity contribution in [2.24, 2.45) is 0 Å². The van der Waals surface area contributed by atoms with Gasteiger partial charge in [-0.05, 0) is 18.7 Å². The van der Waals surface area contributed by atoms with E-state index in [0.29, 0.717) is 30.4 Å². The van der Waals surface area contributed by atoms with Crippen LogP contribution in [0, 0.1) is 10.1 Å². The van der Waals surface area contributed by atoms with Gasteiger partial charge in [-0.2, -0.15) is 4.98 Å². The molecule has 0 fully saturated rings. The molecule has 2 rings (SSSR count). The molecular weight excluding hydrogens is 276 g/mol. The fourth-order valence-electron chi connectivity index (χ4n) is 1.85. The average molecular weight is 292 g/mol. The molecule has 0 aliphatic rings. The molecule has 0 spiro atoms. The topological polar surface area (TPSA) is 106 Å². The minimum atomic E-state index is -0.459. The smallest absolute Gasteiger partial charge is 0.269 e. The van der Waals surface area contributed by atoms with Crippen molar-refractivity contribution in [3.05, 3.63) is 40.3 Å². The van der Waals surface area contributed by atoms with E-state index in [1.165, 1.54) is 12.1 Å².